The lowest BCUT2D eigenvalue weighted by molar-refractivity contribution is 0.214. The third kappa shape index (κ3) is 2.74. The van der Waals surface area contributed by atoms with E-state index in [1.165, 1.54) is 50.5 Å². The van der Waals surface area contributed by atoms with Gasteiger partial charge in [-0.2, -0.15) is 5.10 Å². The summed E-state index contributed by atoms with van der Waals surface area (Å²) in [6.45, 7) is 2.30. The molecule has 1 aliphatic carbocycles. The molecule has 0 radical (unpaired) electrons. The van der Waals surface area contributed by atoms with Crippen LogP contribution in [-0.4, -0.2) is 14.8 Å². The Kier molecular flexibility index (Phi) is 4.37. The van der Waals surface area contributed by atoms with E-state index in [0.717, 1.165) is 0 Å². The minimum Gasteiger partial charge on any atom is -0.249 e. The summed E-state index contributed by atoms with van der Waals surface area (Å²) < 4.78 is 2.12. The first kappa shape index (κ1) is 14.3. The highest BCUT2D eigenvalue weighted by atomic mass is 15.3. The van der Waals surface area contributed by atoms with E-state index in [2.05, 4.69) is 52.0 Å². The second kappa shape index (κ2) is 6.42. The molecule has 0 spiro atoms. The lowest BCUT2D eigenvalue weighted by atomic mass is 9.68. The van der Waals surface area contributed by atoms with E-state index in [9.17, 15) is 0 Å². The van der Waals surface area contributed by atoms with Crippen molar-refractivity contribution in [2.24, 2.45) is 0 Å². The Morgan fingerprint density at radius 1 is 1.19 bits per heavy atom. The molecule has 1 heterocycles. The molecule has 2 unspecified atom stereocenters. The van der Waals surface area contributed by atoms with Crippen molar-refractivity contribution in [2.75, 3.05) is 0 Å². The number of hydrogen-bond donors (Lipinski definition) is 0. The summed E-state index contributed by atoms with van der Waals surface area (Å²) in [7, 11) is 0. The van der Waals surface area contributed by atoms with E-state index < -0.39 is 0 Å². The van der Waals surface area contributed by atoms with Gasteiger partial charge in [0.2, 0.25) is 0 Å². The van der Waals surface area contributed by atoms with Gasteiger partial charge in [-0.05, 0) is 24.8 Å². The summed E-state index contributed by atoms with van der Waals surface area (Å²) in [5, 5.41) is 4.49. The van der Waals surface area contributed by atoms with Crippen molar-refractivity contribution in [2.45, 2.75) is 63.3 Å². The maximum atomic E-state index is 4.49. The molecule has 3 rings (SSSR count). The fraction of sp³-hybridized carbons (Fsp3) is 0.556. The number of benzene rings is 1. The van der Waals surface area contributed by atoms with Gasteiger partial charge in [-0.15, -0.1) is 0 Å². The first-order chi connectivity index (χ1) is 10.4. The lowest BCUT2D eigenvalue weighted by Gasteiger charge is -2.40. The molecular formula is C18H25N3. The minimum atomic E-state index is 0.209. The predicted molar refractivity (Wildman–Crippen MR) is 85.2 cm³/mol. The van der Waals surface area contributed by atoms with Crippen molar-refractivity contribution in [3.05, 3.63) is 48.5 Å². The Bertz CT molecular complexity index is 535. The monoisotopic (exact) mass is 283 g/mol. The molecule has 1 aromatic carbocycles. The van der Waals surface area contributed by atoms with Gasteiger partial charge in [0.1, 0.15) is 12.7 Å². The molecule has 1 aromatic heterocycles. The van der Waals surface area contributed by atoms with E-state index in [1.807, 2.05) is 6.33 Å². The summed E-state index contributed by atoms with van der Waals surface area (Å²) >= 11 is 0. The van der Waals surface area contributed by atoms with Crippen LogP contribution in [0.2, 0.25) is 0 Å². The Morgan fingerprint density at radius 2 is 2.05 bits per heavy atom. The van der Waals surface area contributed by atoms with Crippen LogP contribution in [0.4, 0.5) is 0 Å². The average molecular weight is 283 g/mol. The van der Waals surface area contributed by atoms with Crippen LogP contribution in [0.25, 0.3) is 0 Å². The van der Waals surface area contributed by atoms with Crippen LogP contribution in [0, 0.1) is 0 Å². The molecular weight excluding hydrogens is 258 g/mol. The average Bonchev–Trinajstić information content (AvgIpc) is 2.97. The first-order valence-corrected chi connectivity index (χ1v) is 8.26. The third-order valence-corrected chi connectivity index (χ3v) is 5.04. The standard InChI is InChI=1S/C18H25N3/c1-2-12-18(16-9-5-3-6-10-16)13-8-4-7-11-17(18)21-15-19-14-20-21/h3,5-6,9-10,14-15,17H,2,4,7-8,11-13H2,1H3. The molecule has 1 aliphatic rings. The molecule has 1 saturated carbocycles. The van der Waals surface area contributed by atoms with Crippen molar-refractivity contribution in [3.8, 4) is 0 Å². The van der Waals surface area contributed by atoms with Gasteiger partial charge >= 0.3 is 0 Å². The number of rotatable bonds is 4. The van der Waals surface area contributed by atoms with Gasteiger partial charge in [0.25, 0.3) is 0 Å². The van der Waals surface area contributed by atoms with E-state index in [4.69, 9.17) is 0 Å². The van der Waals surface area contributed by atoms with Crippen molar-refractivity contribution in [3.63, 3.8) is 0 Å². The Balaban J connectivity index is 2.08. The van der Waals surface area contributed by atoms with Gasteiger partial charge in [0.15, 0.2) is 0 Å². The molecule has 2 aromatic rings. The van der Waals surface area contributed by atoms with Crippen molar-refractivity contribution in [1.82, 2.24) is 14.8 Å². The van der Waals surface area contributed by atoms with Crippen LogP contribution in [0.5, 0.6) is 0 Å². The van der Waals surface area contributed by atoms with Crippen molar-refractivity contribution < 1.29 is 0 Å². The summed E-state index contributed by atoms with van der Waals surface area (Å²) in [5.41, 5.74) is 1.69. The summed E-state index contributed by atoms with van der Waals surface area (Å²) in [5.74, 6) is 0. The molecule has 0 bridgehead atoms. The van der Waals surface area contributed by atoms with Gasteiger partial charge in [0.05, 0.1) is 6.04 Å². The second-order valence-corrected chi connectivity index (χ2v) is 6.26. The highest BCUT2D eigenvalue weighted by Gasteiger charge is 2.41. The SMILES string of the molecule is CCCC1(c2ccccc2)CCCCCC1n1cncn1. The van der Waals surface area contributed by atoms with Gasteiger partial charge in [-0.1, -0.05) is 62.9 Å². The number of aromatic nitrogens is 3. The molecule has 2 atom stereocenters. The molecule has 3 nitrogen and oxygen atoms in total. The summed E-state index contributed by atoms with van der Waals surface area (Å²) in [6, 6.07) is 11.5. The van der Waals surface area contributed by atoms with Crippen LogP contribution in [0.1, 0.15) is 63.5 Å². The third-order valence-electron chi connectivity index (χ3n) is 5.04. The molecule has 3 heteroatoms. The van der Waals surface area contributed by atoms with E-state index in [1.54, 1.807) is 6.33 Å². The normalized spacial score (nSPS) is 26.4. The van der Waals surface area contributed by atoms with Crippen LogP contribution >= 0.6 is 0 Å². The fourth-order valence-corrected chi connectivity index (χ4v) is 4.15. The Morgan fingerprint density at radius 3 is 2.76 bits per heavy atom. The Hall–Kier alpha value is -1.64. The molecule has 1 fully saturated rings. The quantitative estimate of drug-likeness (QED) is 0.772. The highest BCUT2D eigenvalue weighted by molar-refractivity contribution is 5.27. The van der Waals surface area contributed by atoms with E-state index >= 15 is 0 Å². The van der Waals surface area contributed by atoms with Crippen LogP contribution in [0.3, 0.4) is 0 Å². The molecule has 21 heavy (non-hydrogen) atoms. The Labute approximate surface area is 127 Å². The first-order valence-electron chi connectivity index (χ1n) is 8.26. The van der Waals surface area contributed by atoms with Crippen LogP contribution < -0.4 is 0 Å². The van der Waals surface area contributed by atoms with Gasteiger partial charge in [-0.25, -0.2) is 9.67 Å². The largest absolute Gasteiger partial charge is 0.249 e. The molecule has 0 amide bonds. The smallest absolute Gasteiger partial charge is 0.137 e. The van der Waals surface area contributed by atoms with E-state index in [-0.39, 0.29) is 5.41 Å². The number of hydrogen-bond acceptors (Lipinski definition) is 2. The topological polar surface area (TPSA) is 30.7 Å². The van der Waals surface area contributed by atoms with Crippen LogP contribution in [0.15, 0.2) is 43.0 Å². The maximum absolute atomic E-state index is 4.49. The molecule has 0 aliphatic heterocycles. The minimum absolute atomic E-state index is 0.209. The summed E-state index contributed by atoms with van der Waals surface area (Å²) in [4.78, 5) is 4.20. The van der Waals surface area contributed by atoms with E-state index in [0.29, 0.717) is 6.04 Å². The zero-order valence-corrected chi connectivity index (χ0v) is 12.9. The van der Waals surface area contributed by atoms with Crippen molar-refractivity contribution >= 4 is 0 Å². The van der Waals surface area contributed by atoms with Crippen LogP contribution in [-0.2, 0) is 5.41 Å². The molecule has 0 saturated heterocycles. The van der Waals surface area contributed by atoms with Gasteiger partial charge in [0, 0.05) is 5.41 Å². The summed E-state index contributed by atoms with van der Waals surface area (Å²) in [6.07, 6.45) is 12.4. The van der Waals surface area contributed by atoms with Gasteiger partial charge in [-0.3, -0.25) is 0 Å². The zero-order valence-electron chi connectivity index (χ0n) is 12.9. The zero-order chi connectivity index (χ0) is 14.5. The lowest BCUT2D eigenvalue weighted by Crippen LogP contribution is -2.36. The number of nitrogens with zero attached hydrogens (tertiary/aromatic N) is 3. The highest BCUT2D eigenvalue weighted by Crippen LogP contribution is 2.48. The van der Waals surface area contributed by atoms with Crippen molar-refractivity contribution in [1.29, 1.82) is 0 Å². The predicted octanol–water partition coefficient (Wildman–Crippen LogP) is 4.52. The fourth-order valence-electron chi connectivity index (χ4n) is 4.15. The van der Waals surface area contributed by atoms with Gasteiger partial charge < -0.3 is 0 Å². The maximum Gasteiger partial charge on any atom is 0.137 e. The second-order valence-electron chi connectivity index (χ2n) is 6.26. The molecule has 112 valence electrons. The molecule has 0 N–H and O–H groups in total.